The molecule has 0 saturated heterocycles. The van der Waals surface area contributed by atoms with E-state index in [2.05, 4.69) is 32.7 Å². The summed E-state index contributed by atoms with van der Waals surface area (Å²) in [5.41, 5.74) is 0.493. The summed E-state index contributed by atoms with van der Waals surface area (Å²) in [6.45, 7) is 9.61. The maximum absolute atomic E-state index is 2.54. The Labute approximate surface area is 89.9 Å². The summed E-state index contributed by atoms with van der Waals surface area (Å²) in [6.07, 6.45) is 7.15. The SMILES string of the molecule is CCC(C)(C)CN(C)CC1CCCC1. The Morgan fingerprint density at radius 2 is 1.79 bits per heavy atom. The van der Waals surface area contributed by atoms with Crippen LogP contribution in [0.2, 0.25) is 0 Å². The lowest BCUT2D eigenvalue weighted by molar-refractivity contribution is 0.182. The van der Waals surface area contributed by atoms with Crippen molar-refractivity contribution in [1.29, 1.82) is 0 Å². The first kappa shape index (κ1) is 12.0. The summed E-state index contributed by atoms with van der Waals surface area (Å²) in [4.78, 5) is 2.54. The molecule has 0 bridgehead atoms. The first-order valence-corrected chi connectivity index (χ1v) is 6.22. The van der Waals surface area contributed by atoms with E-state index in [0.29, 0.717) is 5.41 Å². The molecule has 1 aliphatic rings. The molecule has 0 unspecified atom stereocenters. The van der Waals surface area contributed by atoms with Crippen molar-refractivity contribution in [1.82, 2.24) is 4.90 Å². The first-order chi connectivity index (χ1) is 6.53. The predicted molar refractivity (Wildman–Crippen MR) is 63.5 cm³/mol. The third-order valence-electron chi connectivity index (χ3n) is 3.70. The molecule has 1 saturated carbocycles. The highest BCUT2D eigenvalue weighted by Crippen LogP contribution is 2.27. The van der Waals surface area contributed by atoms with E-state index < -0.39 is 0 Å². The van der Waals surface area contributed by atoms with Crippen molar-refractivity contribution in [2.45, 2.75) is 52.9 Å². The monoisotopic (exact) mass is 197 g/mol. The maximum atomic E-state index is 2.54. The van der Waals surface area contributed by atoms with E-state index in [0.717, 1.165) is 5.92 Å². The molecule has 0 N–H and O–H groups in total. The topological polar surface area (TPSA) is 3.24 Å². The molecule has 1 nitrogen and oxygen atoms in total. The van der Waals surface area contributed by atoms with Gasteiger partial charge in [0, 0.05) is 13.1 Å². The molecule has 1 fully saturated rings. The first-order valence-electron chi connectivity index (χ1n) is 6.22. The molecule has 0 aliphatic heterocycles. The van der Waals surface area contributed by atoms with Crippen LogP contribution in [-0.4, -0.2) is 25.0 Å². The van der Waals surface area contributed by atoms with E-state index in [1.54, 1.807) is 0 Å². The Balaban J connectivity index is 2.23. The smallest absolute Gasteiger partial charge is 0.00296 e. The van der Waals surface area contributed by atoms with E-state index in [9.17, 15) is 0 Å². The fraction of sp³-hybridized carbons (Fsp3) is 1.00. The minimum atomic E-state index is 0.493. The summed E-state index contributed by atoms with van der Waals surface area (Å²) < 4.78 is 0. The normalized spacial score (nSPS) is 19.5. The van der Waals surface area contributed by atoms with Gasteiger partial charge >= 0.3 is 0 Å². The van der Waals surface area contributed by atoms with Crippen molar-refractivity contribution in [3.63, 3.8) is 0 Å². The molecule has 0 amide bonds. The number of rotatable bonds is 5. The predicted octanol–water partition coefficient (Wildman–Crippen LogP) is 3.54. The average molecular weight is 197 g/mol. The average Bonchev–Trinajstić information content (AvgIpc) is 2.55. The van der Waals surface area contributed by atoms with Crippen molar-refractivity contribution in [3.8, 4) is 0 Å². The quantitative estimate of drug-likeness (QED) is 0.651. The molecule has 1 rings (SSSR count). The van der Waals surface area contributed by atoms with Gasteiger partial charge in [0.1, 0.15) is 0 Å². The van der Waals surface area contributed by atoms with Gasteiger partial charge in [-0.1, -0.05) is 33.6 Å². The zero-order chi connectivity index (χ0) is 10.6. The van der Waals surface area contributed by atoms with Gasteiger partial charge in [0.2, 0.25) is 0 Å². The molecule has 0 spiro atoms. The Bertz CT molecular complexity index is 157. The number of nitrogens with zero attached hydrogens (tertiary/aromatic N) is 1. The lowest BCUT2D eigenvalue weighted by Gasteiger charge is -2.30. The van der Waals surface area contributed by atoms with Crippen LogP contribution in [0.5, 0.6) is 0 Å². The van der Waals surface area contributed by atoms with Crippen LogP contribution < -0.4 is 0 Å². The Morgan fingerprint density at radius 1 is 1.21 bits per heavy atom. The highest BCUT2D eigenvalue weighted by Gasteiger charge is 2.21. The van der Waals surface area contributed by atoms with Crippen molar-refractivity contribution in [2.24, 2.45) is 11.3 Å². The number of hydrogen-bond acceptors (Lipinski definition) is 1. The molecule has 0 atom stereocenters. The minimum absolute atomic E-state index is 0.493. The van der Waals surface area contributed by atoms with Gasteiger partial charge in [-0.25, -0.2) is 0 Å². The van der Waals surface area contributed by atoms with Crippen molar-refractivity contribution in [2.75, 3.05) is 20.1 Å². The van der Waals surface area contributed by atoms with Gasteiger partial charge in [0.15, 0.2) is 0 Å². The summed E-state index contributed by atoms with van der Waals surface area (Å²) >= 11 is 0. The molecule has 0 aromatic heterocycles. The van der Waals surface area contributed by atoms with E-state index in [1.807, 2.05) is 0 Å². The second-order valence-corrected chi connectivity index (χ2v) is 5.86. The van der Waals surface area contributed by atoms with E-state index in [1.165, 1.54) is 45.2 Å². The van der Waals surface area contributed by atoms with E-state index in [4.69, 9.17) is 0 Å². The van der Waals surface area contributed by atoms with E-state index in [-0.39, 0.29) is 0 Å². The molecular formula is C13H27N. The zero-order valence-corrected chi connectivity index (χ0v) is 10.5. The Hall–Kier alpha value is -0.0400. The van der Waals surface area contributed by atoms with E-state index >= 15 is 0 Å². The van der Waals surface area contributed by atoms with Gasteiger partial charge in [0.05, 0.1) is 0 Å². The molecule has 1 heteroatoms. The fourth-order valence-electron chi connectivity index (χ4n) is 2.54. The fourth-order valence-corrected chi connectivity index (χ4v) is 2.54. The molecule has 0 radical (unpaired) electrons. The Kier molecular flexibility index (Phi) is 4.43. The minimum Gasteiger partial charge on any atom is -0.306 e. The van der Waals surface area contributed by atoms with Crippen LogP contribution >= 0.6 is 0 Å². The summed E-state index contributed by atoms with van der Waals surface area (Å²) in [5, 5.41) is 0. The van der Waals surface area contributed by atoms with Crippen LogP contribution in [0.1, 0.15) is 52.9 Å². The third kappa shape index (κ3) is 4.00. The molecular weight excluding hydrogens is 170 g/mol. The van der Waals surface area contributed by atoms with Crippen molar-refractivity contribution in [3.05, 3.63) is 0 Å². The molecule has 0 aromatic rings. The van der Waals surface area contributed by atoms with Crippen LogP contribution in [0.3, 0.4) is 0 Å². The summed E-state index contributed by atoms with van der Waals surface area (Å²) in [6, 6.07) is 0. The van der Waals surface area contributed by atoms with Crippen LogP contribution in [-0.2, 0) is 0 Å². The summed E-state index contributed by atoms with van der Waals surface area (Å²) in [5.74, 6) is 0.993. The maximum Gasteiger partial charge on any atom is 0.00296 e. The lowest BCUT2D eigenvalue weighted by atomic mass is 9.89. The number of hydrogen-bond donors (Lipinski definition) is 0. The van der Waals surface area contributed by atoms with Gasteiger partial charge in [-0.05, 0) is 37.6 Å². The summed E-state index contributed by atoms with van der Waals surface area (Å²) in [7, 11) is 2.29. The molecule has 84 valence electrons. The second-order valence-electron chi connectivity index (χ2n) is 5.86. The lowest BCUT2D eigenvalue weighted by Crippen LogP contribution is -2.33. The van der Waals surface area contributed by atoms with Gasteiger partial charge in [-0.3, -0.25) is 0 Å². The molecule has 14 heavy (non-hydrogen) atoms. The van der Waals surface area contributed by atoms with Gasteiger partial charge in [0.25, 0.3) is 0 Å². The standard InChI is InChI=1S/C13H27N/c1-5-13(2,3)11-14(4)10-12-8-6-7-9-12/h12H,5-11H2,1-4H3. The van der Waals surface area contributed by atoms with Crippen molar-refractivity contribution >= 4 is 0 Å². The van der Waals surface area contributed by atoms with Crippen LogP contribution in [0.15, 0.2) is 0 Å². The Morgan fingerprint density at radius 3 is 2.29 bits per heavy atom. The van der Waals surface area contributed by atoms with Crippen LogP contribution in [0.25, 0.3) is 0 Å². The largest absolute Gasteiger partial charge is 0.306 e. The second kappa shape index (κ2) is 5.16. The molecule has 1 aliphatic carbocycles. The highest BCUT2D eigenvalue weighted by atomic mass is 15.1. The van der Waals surface area contributed by atoms with Crippen LogP contribution in [0.4, 0.5) is 0 Å². The molecule has 0 aromatic carbocycles. The molecule has 0 heterocycles. The third-order valence-corrected chi connectivity index (χ3v) is 3.70. The van der Waals surface area contributed by atoms with Gasteiger partial charge in [-0.2, -0.15) is 0 Å². The highest BCUT2D eigenvalue weighted by molar-refractivity contribution is 4.75. The van der Waals surface area contributed by atoms with Gasteiger partial charge < -0.3 is 4.90 Å². The van der Waals surface area contributed by atoms with Crippen molar-refractivity contribution < 1.29 is 0 Å². The van der Waals surface area contributed by atoms with Crippen LogP contribution in [0, 0.1) is 11.3 Å². The van der Waals surface area contributed by atoms with Gasteiger partial charge in [-0.15, -0.1) is 0 Å². The zero-order valence-electron chi connectivity index (χ0n) is 10.5.